The first kappa shape index (κ1) is 27.4. The minimum Gasteiger partial charge on any atom is -0.340 e. The van der Waals surface area contributed by atoms with Gasteiger partial charge in [-0.2, -0.15) is 0 Å². The number of nitrogens with zero attached hydrogens (tertiary/aromatic N) is 4. The van der Waals surface area contributed by atoms with E-state index in [1.807, 2.05) is 18.2 Å². The fourth-order valence-corrected chi connectivity index (χ4v) is 4.85. The largest absolute Gasteiger partial charge is 0.340 e. The normalized spacial score (nSPS) is 12.5. The summed E-state index contributed by atoms with van der Waals surface area (Å²) < 4.78 is 2.22. The molecule has 0 fully saturated rings. The molecule has 0 saturated carbocycles. The lowest BCUT2D eigenvalue weighted by molar-refractivity contribution is -0.385. The topological polar surface area (TPSA) is 130 Å². The number of carbonyl (C=O) groups is 1. The molecule has 4 aromatic rings. The van der Waals surface area contributed by atoms with Crippen LogP contribution < -0.4 is 0 Å². The molecule has 202 valence electrons. The number of hydrogen-bond acceptors (Lipinski definition) is 7. The second-order valence-corrected chi connectivity index (χ2v) is 9.54. The fourth-order valence-electron chi connectivity index (χ4n) is 4.85. The van der Waals surface area contributed by atoms with Crippen LogP contribution in [0.25, 0.3) is 21.8 Å². The van der Waals surface area contributed by atoms with E-state index in [-0.39, 0.29) is 11.4 Å². The first-order valence-electron chi connectivity index (χ1n) is 12.9. The second-order valence-electron chi connectivity index (χ2n) is 9.54. The number of fused-ring (bicyclic) bond motifs is 3. The predicted octanol–water partition coefficient (Wildman–Crippen LogP) is 7.14. The van der Waals surface area contributed by atoms with E-state index in [2.05, 4.69) is 23.6 Å². The molecular weight excluding hydrogens is 500 g/mol. The first-order chi connectivity index (χ1) is 18.7. The maximum atomic E-state index is 11.6. The van der Waals surface area contributed by atoms with Gasteiger partial charge in [0, 0.05) is 70.7 Å². The Morgan fingerprint density at radius 3 is 2.08 bits per heavy atom. The molecule has 0 radical (unpaired) electrons. The fraction of sp³-hybridized carbons (Fsp3) is 0.310. The van der Waals surface area contributed by atoms with Crippen LogP contribution in [-0.2, 0) is 16.2 Å². The summed E-state index contributed by atoms with van der Waals surface area (Å²) in [5.74, 6) is -0.153. The molecule has 1 atom stereocenters. The van der Waals surface area contributed by atoms with Gasteiger partial charge in [-0.15, -0.1) is 0 Å². The lowest BCUT2D eigenvalue weighted by Gasteiger charge is -2.17. The van der Waals surface area contributed by atoms with Crippen molar-refractivity contribution in [2.24, 2.45) is 11.1 Å². The van der Waals surface area contributed by atoms with Crippen LogP contribution in [-0.4, -0.2) is 26.1 Å². The third-order valence-corrected chi connectivity index (χ3v) is 6.93. The van der Waals surface area contributed by atoms with Gasteiger partial charge in [0.15, 0.2) is 0 Å². The monoisotopic (exact) mass is 530 g/mol. The van der Waals surface area contributed by atoms with Gasteiger partial charge in [0.05, 0.1) is 9.85 Å². The van der Waals surface area contributed by atoms with Crippen molar-refractivity contribution in [3.05, 3.63) is 92.0 Å². The summed E-state index contributed by atoms with van der Waals surface area (Å²) >= 11 is 0. The zero-order valence-electron chi connectivity index (χ0n) is 22.1. The quantitative estimate of drug-likeness (QED) is 0.0876. The molecule has 0 aliphatic rings. The lowest BCUT2D eigenvalue weighted by atomic mass is 9.99. The first-order valence-corrected chi connectivity index (χ1v) is 12.9. The molecule has 1 unspecified atom stereocenters. The molecule has 0 amide bonds. The summed E-state index contributed by atoms with van der Waals surface area (Å²) in [4.78, 5) is 38.4. The number of aromatic nitrogens is 1. The highest BCUT2D eigenvalue weighted by molar-refractivity contribution is 6.17. The van der Waals surface area contributed by atoms with Gasteiger partial charge < -0.3 is 9.40 Å². The number of non-ortho nitro benzene ring substituents is 2. The van der Waals surface area contributed by atoms with Gasteiger partial charge in [0.1, 0.15) is 5.71 Å². The Bertz CT molecular complexity index is 1570. The molecule has 0 N–H and O–H groups in total. The number of rotatable bonds is 11. The van der Waals surface area contributed by atoms with Crippen molar-refractivity contribution in [1.29, 1.82) is 0 Å². The second kappa shape index (κ2) is 11.8. The molecule has 0 aliphatic heterocycles. The van der Waals surface area contributed by atoms with E-state index in [1.54, 1.807) is 24.3 Å². The van der Waals surface area contributed by atoms with Crippen LogP contribution >= 0.6 is 0 Å². The third-order valence-electron chi connectivity index (χ3n) is 6.93. The minimum atomic E-state index is -0.611. The Hall–Kier alpha value is -4.60. The smallest absolute Gasteiger partial charge is 0.332 e. The van der Waals surface area contributed by atoms with Gasteiger partial charge >= 0.3 is 5.97 Å². The standard InChI is InChI=1S/C29H30N4O6/c1-4-6-7-20(5-2)18-31-27-14-10-22(16-25(27)26-17-24(33(37)38)13-15-28(26)31)29(30-39-19(3)34)21-8-11-23(12-9-21)32(35)36/h8-17,20H,4-7,18H2,1-3H3. The van der Waals surface area contributed by atoms with Crippen LogP contribution in [0.2, 0.25) is 0 Å². The zero-order valence-corrected chi connectivity index (χ0v) is 22.1. The van der Waals surface area contributed by atoms with Crippen molar-refractivity contribution in [2.45, 2.75) is 53.0 Å². The van der Waals surface area contributed by atoms with Gasteiger partial charge in [0.25, 0.3) is 11.4 Å². The van der Waals surface area contributed by atoms with E-state index < -0.39 is 15.8 Å². The van der Waals surface area contributed by atoms with E-state index in [0.29, 0.717) is 22.8 Å². The van der Waals surface area contributed by atoms with Gasteiger partial charge in [-0.3, -0.25) is 20.2 Å². The number of carbonyl (C=O) groups excluding carboxylic acids is 1. The SMILES string of the molecule is CCCCC(CC)Cn1c2ccc(C(=NOC(C)=O)c3ccc([N+](=O)[O-])cc3)cc2c2cc([N+](=O)[O-])ccc21. The van der Waals surface area contributed by atoms with Crippen LogP contribution in [0.5, 0.6) is 0 Å². The highest BCUT2D eigenvalue weighted by atomic mass is 16.7. The van der Waals surface area contributed by atoms with Gasteiger partial charge in [-0.1, -0.05) is 44.3 Å². The number of unbranched alkanes of at least 4 members (excludes halogenated alkanes) is 1. The molecule has 39 heavy (non-hydrogen) atoms. The van der Waals surface area contributed by atoms with Crippen molar-refractivity contribution < 1.29 is 19.5 Å². The molecule has 0 saturated heterocycles. The molecule has 10 nitrogen and oxygen atoms in total. The number of nitro benzene ring substituents is 2. The summed E-state index contributed by atoms with van der Waals surface area (Å²) in [5.41, 5.74) is 3.17. The van der Waals surface area contributed by atoms with Crippen molar-refractivity contribution in [3.63, 3.8) is 0 Å². The van der Waals surface area contributed by atoms with E-state index >= 15 is 0 Å². The van der Waals surface area contributed by atoms with Crippen LogP contribution in [0.1, 0.15) is 57.6 Å². The molecule has 4 rings (SSSR count). The Kier molecular flexibility index (Phi) is 8.33. The van der Waals surface area contributed by atoms with Crippen LogP contribution in [0.4, 0.5) is 11.4 Å². The van der Waals surface area contributed by atoms with Crippen LogP contribution in [0.15, 0.2) is 65.8 Å². The lowest BCUT2D eigenvalue weighted by Crippen LogP contribution is -2.10. The zero-order chi connectivity index (χ0) is 28.1. The summed E-state index contributed by atoms with van der Waals surface area (Å²) in [7, 11) is 0. The number of benzene rings is 3. The minimum absolute atomic E-state index is 0.00542. The summed E-state index contributed by atoms with van der Waals surface area (Å²) in [6.45, 7) is 6.37. The van der Waals surface area contributed by atoms with Gasteiger partial charge in [-0.05, 0) is 42.7 Å². The molecule has 1 heterocycles. The maximum Gasteiger partial charge on any atom is 0.332 e. The number of nitro groups is 2. The van der Waals surface area contributed by atoms with E-state index in [9.17, 15) is 25.0 Å². The average Bonchev–Trinajstić information content (AvgIpc) is 3.23. The average molecular weight is 531 g/mol. The van der Waals surface area contributed by atoms with Gasteiger partial charge in [-0.25, -0.2) is 4.79 Å². The Morgan fingerprint density at radius 1 is 0.897 bits per heavy atom. The van der Waals surface area contributed by atoms with Crippen molar-refractivity contribution in [1.82, 2.24) is 4.57 Å². The highest BCUT2D eigenvalue weighted by Gasteiger charge is 2.19. The highest BCUT2D eigenvalue weighted by Crippen LogP contribution is 2.34. The molecular formula is C29H30N4O6. The molecule has 0 bridgehead atoms. The molecule has 10 heteroatoms. The van der Waals surface area contributed by atoms with E-state index in [1.165, 1.54) is 25.1 Å². The Morgan fingerprint density at radius 2 is 1.49 bits per heavy atom. The van der Waals surface area contributed by atoms with Crippen LogP contribution in [0.3, 0.4) is 0 Å². The summed E-state index contributed by atoms with van der Waals surface area (Å²) in [5, 5.41) is 28.3. The molecule has 0 aliphatic carbocycles. The molecule has 0 spiro atoms. The van der Waals surface area contributed by atoms with Gasteiger partial charge in [0.2, 0.25) is 0 Å². The Balaban J connectivity index is 1.91. The number of hydrogen-bond donors (Lipinski definition) is 0. The van der Waals surface area contributed by atoms with Crippen molar-refractivity contribution in [3.8, 4) is 0 Å². The predicted molar refractivity (Wildman–Crippen MR) is 150 cm³/mol. The Labute approximate surface area is 225 Å². The number of oxime groups is 1. The van der Waals surface area contributed by atoms with E-state index in [0.717, 1.165) is 54.0 Å². The summed E-state index contributed by atoms with van der Waals surface area (Å²) in [6.07, 6.45) is 4.37. The molecule has 1 aromatic heterocycles. The summed E-state index contributed by atoms with van der Waals surface area (Å²) in [6, 6.07) is 16.4. The maximum absolute atomic E-state index is 11.6. The van der Waals surface area contributed by atoms with E-state index in [4.69, 9.17) is 4.84 Å². The third kappa shape index (κ3) is 5.95. The van der Waals surface area contributed by atoms with Crippen LogP contribution in [0, 0.1) is 26.1 Å². The van der Waals surface area contributed by atoms with Crippen molar-refractivity contribution >= 4 is 44.9 Å². The molecule has 3 aromatic carbocycles. The van der Waals surface area contributed by atoms with Crippen molar-refractivity contribution in [2.75, 3.05) is 0 Å².